The lowest BCUT2D eigenvalue weighted by Crippen LogP contribution is -2.40. The molecule has 0 aliphatic carbocycles. The fourth-order valence-electron chi connectivity index (χ4n) is 2.95. The molecule has 0 spiro atoms. The topological polar surface area (TPSA) is 105 Å². The fourth-order valence-corrected chi connectivity index (χ4v) is 3.10. The molecule has 0 bridgehead atoms. The smallest absolute Gasteiger partial charge is 0.326 e. The number of hydrogen-bond donors (Lipinski definition) is 2. The lowest BCUT2D eigenvalue weighted by atomic mass is 10.0. The lowest BCUT2D eigenvalue weighted by Gasteiger charge is -2.25. The highest BCUT2D eigenvalue weighted by molar-refractivity contribution is 6.29. The van der Waals surface area contributed by atoms with Crippen molar-refractivity contribution in [3.63, 3.8) is 0 Å². The van der Waals surface area contributed by atoms with E-state index >= 15 is 0 Å². The van der Waals surface area contributed by atoms with Crippen LogP contribution in [-0.2, 0) is 14.3 Å². The zero-order chi connectivity index (χ0) is 26.8. The molecule has 1 aromatic rings. The summed E-state index contributed by atoms with van der Waals surface area (Å²) < 4.78 is 5.36. The molecule has 0 saturated carbocycles. The minimum atomic E-state index is -0.745. The van der Waals surface area contributed by atoms with Crippen molar-refractivity contribution in [1.82, 2.24) is 10.6 Å². The standard InChI is InChI=1S/C26H40ClN3O5/c1-8-17(3)14-28-24(33)19-10-20(25(34)29-15-18(4)9-2)12-21(11-19)30(22(31)13-27)16-23(32)35-26(5,6)7/h10-12,17-18H,8-9,13-16H2,1-7H3,(H,28,33)(H,29,34). The first-order valence-electron chi connectivity index (χ1n) is 12.1. The Bertz CT molecular complexity index is 853. The molecule has 0 fully saturated rings. The van der Waals surface area contributed by atoms with Gasteiger partial charge in [-0.25, -0.2) is 0 Å². The highest BCUT2D eigenvalue weighted by Gasteiger charge is 2.25. The summed E-state index contributed by atoms with van der Waals surface area (Å²) >= 11 is 5.82. The average Bonchev–Trinajstić information content (AvgIpc) is 2.81. The Morgan fingerprint density at radius 3 is 1.74 bits per heavy atom. The summed E-state index contributed by atoms with van der Waals surface area (Å²) in [5, 5.41) is 5.73. The highest BCUT2D eigenvalue weighted by atomic mass is 35.5. The normalized spacial score (nSPS) is 12.9. The fraction of sp³-hybridized carbons (Fsp3) is 0.615. The summed E-state index contributed by atoms with van der Waals surface area (Å²) in [5.74, 6) is -1.77. The first kappa shape index (κ1) is 30.4. The van der Waals surface area contributed by atoms with E-state index in [-0.39, 0.29) is 46.3 Å². The zero-order valence-electron chi connectivity index (χ0n) is 22.0. The summed E-state index contributed by atoms with van der Waals surface area (Å²) in [7, 11) is 0. The van der Waals surface area contributed by atoms with Crippen molar-refractivity contribution in [2.45, 2.75) is 66.9 Å². The van der Waals surface area contributed by atoms with Gasteiger partial charge in [-0.05, 0) is 50.8 Å². The number of nitrogens with one attached hydrogen (secondary N) is 2. The van der Waals surface area contributed by atoms with Crippen molar-refractivity contribution in [2.75, 3.05) is 30.4 Å². The predicted molar refractivity (Wildman–Crippen MR) is 139 cm³/mol. The Balaban J connectivity index is 3.40. The molecule has 0 radical (unpaired) electrons. The number of halogens is 1. The summed E-state index contributed by atoms with van der Waals surface area (Å²) in [6, 6.07) is 4.44. The number of benzene rings is 1. The molecular formula is C26H40ClN3O5. The number of carbonyl (C=O) groups is 4. The molecule has 0 heterocycles. The average molecular weight is 510 g/mol. The minimum Gasteiger partial charge on any atom is -0.459 e. The second-order valence-corrected chi connectivity index (χ2v) is 10.2. The van der Waals surface area contributed by atoms with Crippen LogP contribution < -0.4 is 15.5 Å². The molecule has 2 atom stereocenters. The highest BCUT2D eigenvalue weighted by Crippen LogP contribution is 2.22. The van der Waals surface area contributed by atoms with Gasteiger partial charge in [-0.3, -0.25) is 19.2 Å². The largest absolute Gasteiger partial charge is 0.459 e. The first-order chi connectivity index (χ1) is 16.3. The van der Waals surface area contributed by atoms with Crippen molar-refractivity contribution in [3.8, 4) is 0 Å². The van der Waals surface area contributed by atoms with Gasteiger partial charge in [-0.1, -0.05) is 40.5 Å². The molecule has 3 amide bonds. The van der Waals surface area contributed by atoms with Gasteiger partial charge < -0.3 is 20.3 Å². The van der Waals surface area contributed by atoms with Gasteiger partial charge in [0, 0.05) is 29.9 Å². The number of alkyl halides is 1. The molecule has 196 valence electrons. The van der Waals surface area contributed by atoms with Crippen molar-refractivity contribution in [1.29, 1.82) is 0 Å². The van der Waals surface area contributed by atoms with E-state index < -0.39 is 24.0 Å². The maximum atomic E-state index is 12.9. The van der Waals surface area contributed by atoms with Crippen LogP contribution >= 0.6 is 11.6 Å². The SMILES string of the molecule is CCC(C)CNC(=O)c1cc(C(=O)NCC(C)CC)cc(N(CC(=O)OC(C)(C)C)C(=O)CCl)c1. The maximum absolute atomic E-state index is 12.9. The monoisotopic (exact) mass is 509 g/mol. The van der Waals surface area contributed by atoms with E-state index in [4.69, 9.17) is 16.3 Å². The Hall–Kier alpha value is -2.61. The van der Waals surface area contributed by atoms with Gasteiger partial charge in [0.05, 0.1) is 0 Å². The Labute approximate surface area is 214 Å². The van der Waals surface area contributed by atoms with Gasteiger partial charge in [0.15, 0.2) is 0 Å². The number of amides is 3. The zero-order valence-corrected chi connectivity index (χ0v) is 22.8. The first-order valence-corrected chi connectivity index (χ1v) is 12.6. The van der Waals surface area contributed by atoms with E-state index in [1.807, 2.05) is 27.7 Å². The number of anilines is 1. The second kappa shape index (κ2) is 14.1. The van der Waals surface area contributed by atoms with Crippen molar-refractivity contribution in [3.05, 3.63) is 29.3 Å². The van der Waals surface area contributed by atoms with Crippen LogP contribution in [0.1, 0.15) is 82.0 Å². The third-order valence-electron chi connectivity index (χ3n) is 5.49. The molecule has 1 rings (SSSR count). The van der Waals surface area contributed by atoms with Crippen LogP contribution in [0, 0.1) is 11.8 Å². The molecular weight excluding hydrogens is 470 g/mol. The van der Waals surface area contributed by atoms with E-state index in [2.05, 4.69) is 10.6 Å². The Morgan fingerprint density at radius 1 is 0.914 bits per heavy atom. The van der Waals surface area contributed by atoms with Crippen LogP contribution in [0.3, 0.4) is 0 Å². The predicted octanol–water partition coefficient (Wildman–Crippen LogP) is 4.15. The van der Waals surface area contributed by atoms with Crippen LogP contribution in [0.25, 0.3) is 0 Å². The van der Waals surface area contributed by atoms with E-state index in [0.717, 1.165) is 17.7 Å². The van der Waals surface area contributed by atoms with Gasteiger partial charge in [-0.2, -0.15) is 0 Å². The number of hydrogen-bond acceptors (Lipinski definition) is 5. The molecule has 9 heteroatoms. The second-order valence-electron chi connectivity index (χ2n) is 9.92. The molecule has 2 unspecified atom stereocenters. The minimum absolute atomic E-state index is 0.205. The van der Waals surface area contributed by atoms with Crippen molar-refractivity contribution in [2.24, 2.45) is 11.8 Å². The Kier molecular flexibility index (Phi) is 12.2. The van der Waals surface area contributed by atoms with Crippen LogP contribution in [0.5, 0.6) is 0 Å². The molecule has 0 aliphatic heterocycles. The van der Waals surface area contributed by atoms with Gasteiger partial charge in [-0.15, -0.1) is 11.6 Å². The molecule has 0 saturated heterocycles. The van der Waals surface area contributed by atoms with Crippen molar-refractivity contribution < 1.29 is 23.9 Å². The van der Waals surface area contributed by atoms with E-state index in [9.17, 15) is 19.2 Å². The van der Waals surface area contributed by atoms with E-state index in [0.29, 0.717) is 13.1 Å². The van der Waals surface area contributed by atoms with Gasteiger partial charge in [0.2, 0.25) is 5.91 Å². The number of carbonyl (C=O) groups excluding carboxylic acids is 4. The summed E-state index contributed by atoms with van der Waals surface area (Å²) in [4.78, 5) is 52.1. The molecule has 0 aromatic heterocycles. The van der Waals surface area contributed by atoms with Crippen LogP contribution in [0.15, 0.2) is 18.2 Å². The number of rotatable bonds is 12. The quantitative estimate of drug-likeness (QED) is 0.325. The summed E-state index contributed by atoms with van der Waals surface area (Å²) in [5.41, 5.74) is -0.121. The third kappa shape index (κ3) is 10.7. The van der Waals surface area contributed by atoms with Crippen LogP contribution in [0.4, 0.5) is 5.69 Å². The van der Waals surface area contributed by atoms with Gasteiger partial charge in [0.25, 0.3) is 11.8 Å². The summed E-state index contributed by atoms with van der Waals surface area (Å²) in [6.07, 6.45) is 1.80. The molecule has 1 aromatic carbocycles. The van der Waals surface area contributed by atoms with E-state index in [1.54, 1.807) is 20.8 Å². The maximum Gasteiger partial charge on any atom is 0.326 e. The van der Waals surface area contributed by atoms with E-state index in [1.165, 1.54) is 18.2 Å². The summed E-state index contributed by atoms with van der Waals surface area (Å²) in [6.45, 7) is 13.8. The number of ether oxygens (including phenoxy) is 1. The Morgan fingerprint density at radius 2 is 1.37 bits per heavy atom. The molecule has 35 heavy (non-hydrogen) atoms. The number of nitrogens with zero attached hydrogens (tertiary/aromatic N) is 1. The lowest BCUT2D eigenvalue weighted by molar-refractivity contribution is -0.153. The van der Waals surface area contributed by atoms with Crippen molar-refractivity contribution >= 4 is 41.0 Å². The molecule has 2 N–H and O–H groups in total. The molecule has 8 nitrogen and oxygen atoms in total. The van der Waals surface area contributed by atoms with Crippen LogP contribution in [0.2, 0.25) is 0 Å². The van der Waals surface area contributed by atoms with Gasteiger partial charge in [0.1, 0.15) is 18.0 Å². The van der Waals surface area contributed by atoms with Crippen LogP contribution in [-0.4, -0.2) is 54.8 Å². The number of esters is 1. The van der Waals surface area contributed by atoms with Gasteiger partial charge >= 0.3 is 5.97 Å². The third-order valence-corrected chi connectivity index (χ3v) is 5.72. The molecule has 0 aliphatic rings.